The highest BCUT2D eigenvalue weighted by molar-refractivity contribution is 6.78. The fraction of sp³-hybridized carbons (Fsp3) is 0.600. The minimum atomic E-state index is -2.27. The standard InChI is InChI=1S/C10H18O3Si/c1-5-11-14(4,12-6-2)10-8-7-9(3)13-10/h7-8H,5-6H2,1-4H3. The molecule has 0 N–H and O–H groups in total. The zero-order valence-electron chi connectivity index (χ0n) is 9.29. The summed E-state index contributed by atoms with van der Waals surface area (Å²) in [4.78, 5) is 0. The van der Waals surface area contributed by atoms with E-state index in [1.165, 1.54) is 0 Å². The van der Waals surface area contributed by atoms with E-state index >= 15 is 0 Å². The van der Waals surface area contributed by atoms with Crippen LogP contribution in [-0.4, -0.2) is 21.8 Å². The second kappa shape index (κ2) is 4.77. The lowest BCUT2D eigenvalue weighted by Crippen LogP contribution is -2.50. The maximum Gasteiger partial charge on any atom is 0.405 e. The predicted molar refractivity (Wildman–Crippen MR) is 57.9 cm³/mol. The van der Waals surface area contributed by atoms with Gasteiger partial charge in [0.1, 0.15) is 11.1 Å². The minimum Gasteiger partial charge on any atom is -0.466 e. The zero-order valence-corrected chi connectivity index (χ0v) is 10.3. The third-order valence-corrected chi connectivity index (χ3v) is 4.87. The van der Waals surface area contributed by atoms with E-state index in [2.05, 4.69) is 0 Å². The lowest BCUT2D eigenvalue weighted by atomic mass is 10.5. The number of hydrogen-bond donors (Lipinski definition) is 0. The van der Waals surface area contributed by atoms with Crippen LogP contribution in [0.5, 0.6) is 0 Å². The summed E-state index contributed by atoms with van der Waals surface area (Å²) < 4.78 is 16.9. The van der Waals surface area contributed by atoms with Crippen molar-refractivity contribution in [3.05, 3.63) is 17.9 Å². The van der Waals surface area contributed by atoms with E-state index in [1.54, 1.807) is 0 Å². The molecule has 0 atom stereocenters. The van der Waals surface area contributed by atoms with E-state index in [-0.39, 0.29) is 0 Å². The molecule has 3 nitrogen and oxygen atoms in total. The topological polar surface area (TPSA) is 31.6 Å². The lowest BCUT2D eigenvalue weighted by Gasteiger charge is -2.23. The van der Waals surface area contributed by atoms with Crippen LogP contribution in [0.2, 0.25) is 6.55 Å². The van der Waals surface area contributed by atoms with Gasteiger partial charge in [0.15, 0.2) is 0 Å². The van der Waals surface area contributed by atoms with Crippen molar-refractivity contribution in [2.45, 2.75) is 27.3 Å². The fourth-order valence-electron chi connectivity index (χ4n) is 1.41. The maximum absolute atomic E-state index is 5.69. The van der Waals surface area contributed by atoms with Gasteiger partial charge in [-0.15, -0.1) is 0 Å². The fourth-order valence-corrected chi connectivity index (χ4v) is 3.62. The molecule has 0 spiro atoms. The highest BCUT2D eigenvalue weighted by Gasteiger charge is 2.37. The second-order valence-electron chi connectivity index (χ2n) is 3.22. The molecule has 1 heterocycles. The van der Waals surface area contributed by atoms with Crippen LogP contribution in [0.4, 0.5) is 0 Å². The molecule has 0 aliphatic carbocycles. The molecule has 14 heavy (non-hydrogen) atoms. The Kier molecular flexibility index (Phi) is 3.92. The zero-order chi connectivity index (χ0) is 10.6. The van der Waals surface area contributed by atoms with Crippen molar-refractivity contribution in [3.63, 3.8) is 0 Å². The van der Waals surface area contributed by atoms with E-state index in [1.807, 2.05) is 39.5 Å². The van der Waals surface area contributed by atoms with Gasteiger partial charge in [-0.05, 0) is 39.5 Å². The van der Waals surface area contributed by atoms with Crippen LogP contribution < -0.4 is 5.38 Å². The molecule has 0 aliphatic heterocycles. The molecule has 0 saturated heterocycles. The molecule has 1 rings (SSSR count). The third-order valence-electron chi connectivity index (χ3n) is 2.03. The van der Waals surface area contributed by atoms with E-state index < -0.39 is 8.56 Å². The maximum atomic E-state index is 5.69. The molecule has 0 unspecified atom stereocenters. The Morgan fingerprint density at radius 1 is 1.21 bits per heavy atom. The molecule has 0 saturated carbocycles. The molecule has 0 amide bonds. The van der Waals surface area contributed by atoms with Crippen LogP contribution in [0.25, 0.3) is 0 Å². The molecule has 4 heteroatoms. The number of rotatable bonds is 5. The van der Waals surface area contributed by atoms with Crippen LogP contribution in [0.1, 0.15) is 19.6 Å². The average molecular weight is 214 g/mol. The SMILES string of the molecule is CCO[Si](C)(OCC)c1ccc(C)o1. The van der Waals surface area contributed by atoms with Crippen molar-refractivity contribution >= 4 is 13.9 Å². The summed E-state index contributed by atoms with van der Waals surface area (Å²) in [5.41, 5.74) is 0. The van der Waals surface area contributed by atoms with E-state index in [4.69, 9.17) is 13.3 Å². The number of aryl methyl sites for hydroxylation is 1. The first-order valence-corrected chi connectivity index (χ1v) is 7.29. The molecule has 1 aromatic heterocycles. The van der Waals surface area contributed by atoms with Gasteiger partial charge >= 0.3 is 8.56 Å². The van der Waals surface area contributed by atoms with Gasteiger partial charge in [0.2, 0.25) is 0 Å². The van der Waals surface area contributed by atoms with Crippen molar-refractivity contribution in [2.75, 3.05) is 13.2 Å². The Morgan fingerprint density at radius 3 is 2.14 bits per heavy atom. The number of hydrogen-bond acceptors (Lipinski definition) is 3. The molecule has 80 valence electrons. The van der Waals surface area contributed by atoms with Crippen LogP contribution >= 0.6 is 0 Å². The van der Waals surface area contributed by atoms with Crippen molar-refractivity contribution in [1.82, 2.24) is 0 Å². The smallest absolute Gasteiger partial charge is 0.405 e. The van der Waals surface area contributed by atoms with E-state index in [9.17, 15) is 0 Å². The summed E-state index contributed by atoms with van der Waals surface area (Å²) in [6.45, 7) is 9.19. The largest absolute Gasteiger partial charge is 0.466 e. The Bertz CT molecular complexity index is 277. The van der Waals surface area contributed by atoms with Crippen LogP contribution in [-0.2, 0) is 8.85 Å². The molecule has 0 aromatic carbocycles. The predicted octanol–water partition coefficient (Wildman–Crippen LogP) is 1.94. The lowest BCUT2D eigenvalue weighted by molar-refractivity contribution is 0.196. The molecule has 0 fully saturated rings. The highest BCUT2D eigenvalue weighted by atomic mass is 28.4. The summed E-state index contributed by atoms with van der Waals surface area (Å²) in [7, 11) is -2.27. The van der Waals surface area contributed by atoms with Gasteiger partial charge in [-0.2, -0.15) is 0 Å². The Balaban J connectivity index is 2.86. The first-order chi connectivity index (χ1) is 6.62. The van der Waals surface area contributed by atoms with E-state index in [0.717, 1.165) is 11.1 Å². The highest BCUT2D eigenvalue weighted by Crippen LogP contribution is 2.10. The first-order valence-electron chi connectivity index (χ1n) is 4.97. The Morgan fingerprint density at radius 2 is 1.79 bits per heavy atom. The van der Waals surface area contributed by atoms with Gasteiger partial charge in [0.25, 0.3) is 0 Å². The van der Waals surface area contributed by atoms with Crippen molar-refractivity contribution in [1.29, 1.82) is 0 Å². The summed E-state index contributed by atoms with van der Waals surface area (Å²) in [6, 6.07) is 3.89. The number of furan rings is 1. The summed E-state index contributed by atoms with van der Waals surface area (Å²) in [6.07, 6.45) is 0. The molecule has 0 bridgehead atoms. The second-order valence-corrected chi connectivity index (χ2v) is 6.18. The quantitative estimate of drug-likeness (QED) is 0.702. The van der Waals surface area contributed by atoms with Gasteiger partial charge in [0.05, 0.1) is 0 Å². The Labute approximate surface area is 86.3 Å². The van der Waals surface area contributed by atoms with Crippen molar-refractivity contribution in [2.24, 2.45) is 0 Å². The van der Waals surface area contributed by atoms with Gasteiger partial charge in [0, 0.05) is 13.2 Å². The van der Waals surface area contributed by atoms with Gasteiger partial charge in [-0.25, -0.2) is 0 Å². The molecule has 1 aromatic rings. The van der Waals surface area contributed by atoms with E-state index in [0.29, 0.717) is 13.2 Å². The van der Waals surface area contributed by atoms with Crippen LogP contribution in [0, 0.1) is 6.92 Å². The third kappa shape index (κ3) is 2.47. The summed E-state index contributed by atoms with van der Waals surface area (Å²) in [5.74, 6) is 0.901. The average Bonchev–Trinajstić information content (AvgIpc) is 2.53. The molecule has 0 aliphatic rings. The normalized spacial score (nSPS) is 12.0. The van der Waals surface area contributed by atoms with Crippen molar-refractivity contribution in [3.8, 4) is 0 Å². The summed E-state index contributed by atoms with van der Waals surface area (Å²) >= 11 is 0. The van der Waals surface area contributed by atoms with Crippen LogP contribution in [0.3, 0.4) is 0 Å². The molecule has 0 radical (unpaired) electrons. The molecular weight excluding hydrogens is 196 g/mol. The first kappa shape index (κ1) is 11.5. The minimum absolute atomic E-state index is 0.655. The van der Waals surface area contributed by atoms with Gasteiger partial charge in [-0.3, -0.25) is 0 Å². The monoisotopic (exact) mass is 214 g/mol. The van der Waals surface area contributed by atoms with Crippen molar-refractivity contribution < 1.29 is 13.3 Å². The van der Waals surface area contributed by atoms with Gasteiger partial charge < -0.3 is 13.3 Å². The summed E-state index contributed by atoms with van der Waals surface area (Å²) in [5, 5.41) is 0.860. The van der Waals surface area contributed by atoms with Crippen LogP contribution in [0.15, 0.2) is 16.5 Å². The molecular formula is C10H18O3Si. The van der Waals surface area contributed by atoms with Gasteiger partial charge in [-0.1, -0.05) is 0 Å². The Hall–Kier alpha value is -0.583.